The quantitative estimate of drug-likeness (QED) is 0.883. The minimum Gasteiger partial charge on any atom is -0.384 e. The van der Waals surface area contributed by atoms with Gasteiger partial charge in [0.25, 0.3) is 5.91 Å². The second-order valence-electron chi connectivity index (χ2n) is 4.57. The Morgan fingerprint density at radius 2 is 2.11 bits per heavy atom. The molecule has 0 unspecified atom stereocenters. The van der Waals surface area contributed by atoms with Gasteiger partial charge in [-0.05, 0) is 18.4 Å². The van der Waals surface area contributed by atoms with Crippen LogP contribution in [0.3, 0.4) is 0 Å². The van der Waals surface area contributed by atoms with Crippen LogP contribution in [0.5, 0.6) is 0 Å². The Kier molecular flexibility index (Phi) is 5.04. The smallest absolute Gasteiger partial charge is 0.272 e. The van der Waals surface area contributed by atoms with E-state index in [0.717, 1.165) is 38.5 Å². The minimum atomic E-state index is -0.0168. The summed E-state index contributed by atoms with van der Waals surface area (Å²) in [5.74, 6) is 1.52. The van der Waals surface area contributed by atoms with E-state index in [-0.39, 0.29) is 5.91 Å². The molecule has 1 aromatic heterocycles. The molecule has 104 valence electrons. The van der Waals surface area contributed by atoms with Crippen LogP contribution in [-0.4, -0.2) is 65.4 Å². The van der Waals surface area contributed by atoms with Gasteiger partial charge in [0.15, 0.2) is 0 Å². The van der Waals surface area contributed by atoms with Crippen molar-refractivity contribution in [1.82, 2.24) is 14.8 Å². The van der Waals surface area contributed by atoms with Gasteiger partial charge < -0.3 is 10.6 Å². The van der Waals surface area contributed by atoms with Gasteiger partial charge in [0.2, 0.25) is 0 Å². The topological polar surface area (TPSA) is 62.5 Å². The van der Waals surface area contributed by atoms with E-state index in [1.54, 1.807) is 18.2 Å². The Bertz CT molecular complexity index is 432. The van der Waals surface area contributed by atoms with Gasteiger partial charge in [0.05, 0.1) is 0 Å². The van der Waals surface area contributed by atoms with Gasteiger partial charge >= 0.3 is 0 Å². The van der Waals surface area contributed by atoms with Crippen LogP contribution in [0.25, 0.3) is 0 Å². The number of rotatable bonds is 4. The minimum absolute atomic E-state index is 0.0168. The maximum absolute atomic E-state index is 12.3. The summed E-state index contributed by atoms with van der Waals surface area (Å²) in [6, 6.07) is 5.18. The molecule has 1 aliphatic rings. The van der Waals surface area contributed by atoms with Gasteiger partial charge in [-0.3, -0.25) is 9.69 Å². The number of pyridine rings is 1. The van der Waals surface area contributed by atoms with Crippen molar-refractivity contribution >= 4 is 23.5 Å². The highest BCUT2D eigenvalue weighted by molar-refractivity contribution is 7.98. The van der Waals surface area contributed by atoms with Crippen molar-refractivity contribution < 1.29 is 4.79 Å². The molecule has 0 aliphatic carbocycles. The number of carbonyl (C=O) groups excluding carboxylic acids is 1. The van der Waals surface area contributed by atoms with E-state index >= 15 is 0 Å². The zero-order valence-corrected chi connectivity index (χ0v) is 12.0. The lowest BCUT2D eigenvalue weighted by atomic mass is 10.2. The van der Waals surface area contributed by atoms with E-state index in [4.69, 9.17) is 5.73 Å². The summed E-state index contributed by atoms with van der Waals surface area (Å²) in [5, 5.41) is 0. The van der Waals surface area contributed by atoms with Crippen LogP contribution < -0.4 is 5.73 Å². The molecule has 0 radical (unpaired) electrons. The Morgan fingerprint density at radius 3 is 2.74 bits per heavy atom. The second-order valence-corrected chi connectivity index (χ2v) is 5.56. The SMILES string of the molecule is CSCCN1CCN(C(=O)c2cccc(N)n2)CC1. The van der Waals surface area contributed by atoms with Crippen LogP contribution >= 0.6 is 11.8 Å². The number of nitrogens with two attached hydrogens (primary N) is 1. The number of nitrogen functional groups attached to an aromatic ring is 1. The number of hydrogen-bond acceptors (Lipinski definition) is 5. The molecule has 19 heavy (non-hydrogen) atoms. The molecule has 0 bridgehead atoms. The molecular weight excluding hydrogens is 260 g/mol. The molecule has 2 heterocycles. The van der Waals surface area contributed by atoms with Crippen molar-refractivity contribution in [2.75, 3.05) is 50.5 Å². The highest BCUT2D eigenvalue weighted by Crippen LogP contribution is 2.09. The van der Waals surface area contributed by atoms with Gasteiger partial charge in [0.1, 0.15) is 11.5 Å². The van der Waals surface area contributed by atoms with Gasteiger partial charge in [-0.25, -0.2) is 4.98 Å². The van der Waals surface area contributed by atoms with Gasteiger partial charge in [-0.15, -0.1) is 0 Å². The summed E-state index contributed by atoms with van der Waals surface area (Å²) in [6.45, 7) is 4.51. The number of amides is 1. The Labute approximate surface area is 118 Å². The molecule has 6 heteroatoms. The summed E-state index contributed by atoms with van der Waals surface area (Å²) in [6.07, 6.45) is 2.12. The van der Waals surface area contributed by atoms with Crippen molar-refractivity contribution in [3.63, 3.8) is 0 Å². The first-order chi connectivity index (χ1) is 9.20. The van der Waals surface area contributed by atoms with E-state index in [2.05, 4.69) is 16.1 Å². The molecule has 1 aliphatic heterocycles. The van der Waals surface area contributed by atoms with Crippen LogP contribution in [0.4, 0.5) is 5.82 Å². The Hall–Kier alpha value is -1.27. The number of thioether (sulfide) groups is 1. The molecule has 1 amide bonds. The van der Waals surface area contributed by atoms with Crippen molar-refractivity contribution in [2.24, 2.45) is 0 Å². The molecular formula is C13H20N4OS. The molecule has 2 N–H and O–H groups in total. The molecule has 2 rings (SSSR count). The van der Waals surface area contributed by atoms with Crippen LogP contribution in [-0.2, 0) is 0 Å². The third-order valence-electron chi connectivity index (χ3n) is 3.26. The number of carbonyl (C=O) groups is 1. The van der Waals surface area contributed by atoms with E-state index in [9.17, 15) is 4.79 Å². The van der Waals surface area contributed by atoms with Gasteiger partial charge in [0, 0.05) is 38.5 Å². The van der Waals surface area contributed by atoms with Crippen molar-refractivity contribution in [3.8, 4) is 0 Å². The van der Waals surface area contributed by atoms with Gasteiger partial charge in [-0.1, -0.05) is 6.07 Å². The predicted molar refractivity (Wildman–Crippen MR) is 79.4 cm³/mol. The fourth-order valence-electron chi connectivity index (χ4n) is 2.13. The molecule has 0 spiro atoms. The van der Waals surface area contributed by atoms with E-state index in [0.29, 0.717) is 11.5 Å². The average Bonchev–Trinajstić information content (AvgIpc) is 2.45. The normalized spacial score (nSPS) is 16.6. The first-order valence-electron chi connectivity index (χ1n) is 6.44. The maximum atomic E-state index is 12.3. The number of anilines is 1. The predicted octanol–water partition coefficient (Wildman–Crippen LogP) is 0.785. The second kappa shape index (κ2) is 6.77. The van der Waals surface area contributed by atoms with E-state index < -0.39 is 0 Å². The monoisotopic (exact) mass is 280 g/mol. The van der Waals surface area contributed by atoms with Gasteiger partial charge in [-0.2, -0.15) is 11.8 Å². The zero-order valence-electron chi connectivity index (χ0n) is 11.2. The lowest BCUT2D eigenvalue weighted by Crippen LogP contribution is -2.49. The fraction of sp³-hybridized carbons (Fsp3) is 0.538. The molecule has 0 saturated carbocycles. The van der Waals surface area contributed by atoms with Crippen molar-refractivity contribution in [3.05, 3.63) is 23.9 Å². The lowest BCUT2D eigenvalue weighted by Gasteiger charge is -2.34. The third-order valence-corrected chi connectivity index (χ3v) is 3.85. The molecule has 1 fully saturated rings. The van der Waals surface area contributed by atoms with Crippen LogP contribution in [0.1, 0.15) is 10.5 Å². The molecule has 1 saturated heterocycles. The summed E-state index contributed by atoms with van der Waals surface area (Å²) in [5.41, 5.74) is 6.05. The maximum Gasteiger partial charge on any atom is 0.272 e. The Morgan fingerprint density at radius 1 is 1.37 bits per heavy atom. The van der Waals surface area contributed by atoms with Crippen LogP contribution in [0.2, 0.25) is 0 Å². The molecule has 5 nitrogen and oxygen atoms in total. The number of nitrogens with zero attached hydrogens (tertiary/aromatic N) is 3. The van der Waals surface area contributed by atoms with Crippen molar-refractivity contribution in [2.45, 2.75) is 0 Å². The van der Waals surface area contributed by atoms with E-state index in [1.807, 2.05) is 16.7 Å². The Balaban J connectivity index is 1.89. The fourth-order valence-corrected chi connectivity index (χ4v) is 2.57. The summed E-state index contributed by atoms with van der Waals surface area (Å²) in [7, 11) is 0. The first-order valence-corrected chi connectivity index (χ1v) is 7.83. The number of piperazine rings is 1. The lowest BCUT2D eigenvalue weighted by molar-refractivity contribution is 0.0639. The first kappa shape index (κ1) is 14.1. The van der Waals surface area contributed by atoms with Crippen molar-refractivity contribution in [1.29, 1.82) is 0 Å². The highest BCUT2D eigenvalue weighted by Gasteiger charge is 2.22. The third kappa shape index (κ3) is 3.84. The summed E-state index contributed by atoms with van der Waals surface area (Å²) in [4.78, 5) is 20.6. The standard InChI is InChI=1S/C13H20N4OS/c1-19-10-9-16-5-7-17(8-6-16)13(18)11-3-2-4-12(14)15-11/h2-4H,5-10H2,1H3,(H2,14,15). The molecule has 1 aromatic rings. The largest absolute Gasteiger partial charge is 0.384 e. The van der Waals surface area contributed by atoms with Crippen LogP contribution in [0, 0.1) is 0 Å². The number of hydrogen-bond donors (Lipinski definition) is 1. The number of aromatic nitrogens is 1. The summed E-state index contributed by atoms with van der Waals surface area (Å²) < 4.78 is 0. The zero-order chi connectivity index (χ0) is 13.7. The molecule has 0 atom stereocenters. The molecule has 0 aromatic carbocycles. The summed E-state index contributed by atoms with van der Waals surface area (Å²) >= 11 is 1.85. The highest BCUT2D eigenvalue weighted by atomic mass is 32.2. The average molecular weight is 280 g/mol. The van der Waals surface area contributed by atoms with Crippen LogP contribution in [0.15, 0.2) is 18.2 Å². The van der Waals surface area contributed by atoms with E-state index in [1.165, 1.54) is 0 Å².